The van der Waals surface area contributed by atoms with Crippen molar-refractivity contribution in [1.29, 1.82) is 0 Å². The molecule has 0 aliphatic carbocycles. The first-order valence-electron chi connectivity index (χ1n) is 8.70. The third-order valence-corrected chi connectivity index (χ3v) is 3.98. The summed E-state index contributed by atoms with van der Waals surface area (Å²) in [6, 6.07) is -1.05. The van der Waals surface area contributed by atoms with Crippen LogP contribution < -0.4 is 11.1 Å². The molecule has 0 radical (unpaired) electrons. The number of amides is 2. The van der Waals surface area contributed by atoms with Gasteiger partial charge in [-0.15, -0.1) is 0 Å². The van der Waals surface area contributed by atoms with Gasteiger partial charge in [-0.25, -0.2) is 4.79 Å². The van der Waals surface area contributed by atoms with Gasteiger partial charge in [0.15, 0.2) is 0 Å². The molecule has 0 aliphatic rings. The van der Waals surface area contributed by atoms with Crippen LogP contribution in [0.4, 0.5) is 0 Å². The normalized spacial score (nSPS) is 13.3. The van der Waals surface area contributed by atoms with Gasteiger partial charge < -0.3 is 16.2 Å². The van der Waals surface area contributed by atoms with Gasteiger partial charge in [0.25, 0.3) is 0 Å². The van der Waals surface area contributed by atoms with Crippen LogP contribution in [0.1, 0.15) is 78.1 Å². The van der Waals surface area contributed by atoms with E-state index in [1.165, 1.54) is 32.1 Å². The van der Waals surface area contributed by atoms with Crippen LogP contribution in [0, 0.1) is 5.92 Å². The fourth-order valence-electron chi connectivity index (χ4n) is 2.40. The molecule has 0 aromatic heterocycles. The van der Waals surface area contributed by atoms with Crippen molar-refractivity contribution in [3.63, 3.8) is 0 Å². The van der Waals surface area contributed by atoms with Crippen molar-refractivity contribution in [2.24, 2.45) is 11.7 Å². The van der Waals surface area contributed by atoms with Gasteiger partial charge in [0.05, 0.1) is 0 Å². The van der Waals surface area contributed by atoms with Gasteiger partial charge >= 0.3 is 5.97 Å². The highest BCUT2D eigenvalue weighted by molar-refractivity contribution is 5.85. The van der Waals surface area contributed by atoms with Crippen LogP contribution in [0.3, 0.4) is 0 Å². The van der Waals surface area contributed by atoms with Crippen LogP contribution >= 0.6 is 0 Å². The maximum Gasteiger partial charge on any atom is 0.326 e. The highest BCUT2D eigenvalue weighted by Gasteiger charge is 2.23. The molecule has 0 rings (SSSR count). The summed E-state index contributed by atoms with van der Waals surface area (Å²) in [5.74, 6) is -2.20. The fraction of sp³-hybridized carbons (Fsp3) is 0.824. The summed E-state index contributed by atoms with van der Waals surface area (Å²) < 4.78 is 0. The van der Waals surface area contributed by atoms with E-state index in [1.54, 1.807) is 6.92 Å². The second-order valence-corrected chi connectivity index (χ2v) is 6.22. The summed E-state index contributed by atoms with van der Waals surface area (Å²) in [6.07, 6.45) is 9.01. The van der Waals surface area contributed by atoms with Crippen molar-refractivity contribution in [1.82, 2.24) is 5.32 Å². The number of hydrogen-bond acceptors (Lipinski definition) is 3. The van der Waals surface area contributed by atoms with E-state index in [1.807, 2.05) is 0 Å². The SMILES string of the molecule is CCCCCCCCCC(C)C(=O)NC(CCC(N)=O)C(=O)O. The van der Waals surface area contributed by atoms with Crippen LogP contribution in [0.5, 0.6) is 0 Å². The number of carboxylic acid groups (broad SMARTS) is 1. The minimum atomic E-state index is -1.14. The van der Waals surface area contributed by atoms with Crippen molar-refractivity contribution in [3.8, 4) is 0 Å². The number of aliphatic carboxylic acids is 1. The van der Waals surface area contributed by atoms with Gasteiger partial charge in [-0.1, -0.05) is 58.8 Å². The second kappa shape index (κ2) is 12.9. The second-order valence-electron chi connectivity index (χ2n) is 6.22. The van der Waals surface area contributed by atoms with E-state index in [0.29, 0.717) is 0 Å². The summed E-state index contributed by atoms with van der Waals surface area (Å²) >= 11 is 0. The maximum atomic E-state index is 12.0. The van der Waals surface area contributed by atoms with E-state index in [4.69, 9.17) is 10.8 Å². The van der Waals surface area contributed by atoms with E-state index in [2.05, 4.69) is 12.2 Å². The molecule has 2 atom stereocenters. The van der Waals surface area contributed by atoms with Crippen LogP contribution in [0.15, 0.2) is 0 Å². The molecule has 134 valence electrons. The molecule has 0 saturated carbocycles. The van der Waals surface area contributed by atoms with Crippen LogP contribution in [-0.2, 0) is 14.4 Å². The summed E-state index contributed by atoms with van der Waals surface area (Å²) in [6.45, 7) is 3.99. The van der Waals surface area contributed by atoms with Gasteiger partial charge in [0.1, 0.15) is 6.04 Å². The Morgan fingerprint density at radius 1 is 1.00 bits per heavy atom. The Morgan fingerprint density at radius 3 is 2.09 bits per heavy atom. The molecule has 2 unspecified atom stereocenters. The molecule has 0 aromatic rings. The van der Waals surface area contributed by atoms with E-state index in [9.17, 15) is 14.4 Å². The lowest BCUT2D eigenvalue weighted by molar-refractivity contribution is -0.142. The zero-order valence-corrected chi connectivity index (χ0v) is 14.5. The molecular formula is C17H32N2O4. The molecule has 4 N–H and O–H groups in total. The van der Waals surface area contributed by atoms with E-state index < -0.39 is 17.9 Å². The molecule has 0 heterocycles. The molecular weight excluding hydrogens is 296 g/mol. The third-order valence-electron chi connectivity index (χ3n) is 3.98. The Kier molecular flexibility index (Phi) is 12.0. The number of nitrogens with two attached hydrogens (primary N) is 1. The quantitative estimate of drug-likeness (QED) is 0.426. The van der Waals surface area contributed by atoms with Crippen molar-refractivity contribution in [2.45, 2.75) is 84.1 Å². The van der Waals surface area contributed by atoms with Gasteiger partial charge in [-0.05, 0) is 12.8 Å². The lowest BCUT2D eigenvalue weighted by Crippen LogP contribution is -2.43. The first-order chi connectivity index (χ1) is 10.9. The van der Waals surface area contributed by atoms with Crippen molar-refractivity contribution < 1.29 is 19.5 Å². The lowest BCUT2D eigenvalue weighted by Gasteiger charge is -2.17. The number of carbonyl (C=O) groups excluding carboxylic acids is 2. The third kappa shape index (κ3) is 11.6. The topological polar surface area (TPSA) is 109 Å². The predicted octanol–water partition coefficient (Wildman–Crippen LogP) is 2.60. The van der Waals surface area contributed by atoms with E-state index in [0.717, 1.165) is 19.3 Å². The number of rotatable bonds is 14. The Bertz CT molecular complexity index is 372. The standard InChI is InChI=1S/C17H32N2O4/c1-3-4-5-6-7-8-9-10-13(2)16(21)19-14(17(22)23)11-12-15(18)20/h13-14H,3-12H2,1-2H3,(H2,18,20)(H,19,21)(H,22,23). The molecule has 6 nitrogen and oxygen atoms in total. The smallest absolute Gasteiger partial charge is 0.326 e. The highest BCUT2D eigenvalue weighted by Crippen LogP contribution is 2.13. The zero-order valence-electron chi connectivity index (χ0n) is 14.5. The summed E-state index contributed by atoms with van der Waals surface area (Å²) in [4.78, 5) is 33.8. The maximum absolute atomic E-state index is 12.0. The van der Waals surface area contributed by atoms with Crippen LogP contribution in [-0.4, -0.2) is 28.9 Å². The number of nitrogens with one attached hydrogen (secondary N) is 1. The number of primary amides is 1. The van der Waals surface area contributed by atoms with Gasteiger partial charge in [0, 0.05) is 12.3 Å². The van der Waals surface area contributed by atoms with Crippen molar-refractivity contribution in [3.05, 3.63) is 0 Å². The van der Waals surface area contributed by atoms with Gasteiger partial charge in [0.2, 0.25) is 11.8 Å². The molecule has 0 aliphatic heterocycles. The Morgan fingerprint density at radius 2 is 1.57 bits per heavy atom. The molecule has 0 spiro atoms. The van der Waals surface area contributed by atoms with Crippen molar-refractivity contribution >= 4 is 17.8 Å². The van der Waals surface area contributed by atoms with E-state index >= 15 is 0 Å². The molecule has 6 heteroatoms. The molecule has 0 aromatic carbocycles. The average molecular weight is 328 g/mol. The summed E-state index contributed by atoms with van der Waals surface area (Å²) in [5, 5.41) is 11.6. The predicted molar refractivity (Wildman–Crippen MR) is 89.8 cm³/mol. The van der Waals surface area contributed by atoms with Crippen LogP contribution in [0.2, 0.25) is 0 Å². The first kappa shape index (κ1) is 21.4. The summed E-state index contributed by atoms with van der Waals surface area (Å²) in [5.41, 5.74) is 5.01. The Hall–Kier alpha value is -1.59. The highest BCUT2D eigenvalue weighted by atomic mass is 16.4. The molecule has 0 saturated heterocycles. The lowest BCUT2D eigenvalue weighted by atomic mass is 10.00. The largest absolute Gasteiger partial charge is 0.480 e. The Labute approximate surface area is 139 Å². The summed E-state index contributed by atoms with van der Waals surface area (Å²) in [7, 11) is 0. The minimum absolute atomic E-state index is 0.0283. The molecule has 0 fully saturated rings. The molecule has 2 amide bonds. The first-order valence-corrected chi connectivity index (χ1v) is 8.70. The average Bonchev–Trinajstić information content (AvgIpc) is 2.49. The minimum Gasteiger partial charge on any atom is -0.480 e. The van der Waals surface area contributed by atoms with E-state index in [-0.39, 0.29) is 24.7 Å². The van der Waals surface area contributed by atoms with Crippen LogP contribution in [0.25, 0.3) is 0 Å². The number of hydrogen-bond donors (Lipinski definition) is 3. The fourth-order valence-corrected chi connectivity index (χ4v) is 2.40. The molecule has 23 heavy (non-hydrogen) atoms. The van der Waals surface area contributed by atoms with Gasteiger partial charge in [-0.2, -0.15) is 0 Å². The molecule has 0 bridgehead atoms. The Balaban J connectivity index is 3.97. The number of carbonyl (C=O) groups is 3. The monoisotopic (exact) mass is 328 g/mol. The number of carboxylic acids is 1. The van der Waals surface area contributed by atoms with Gasteiger partial charge in [-0.3, -0.25) is 9.59 Å². The zero-order chi connectivity index (χ0) is 17.7. The van der Waals surface area contributed by atoms with Crippen molar-refractivity contribution in [2.75, 3.05) is 0 Å². The number of unbranched alkanes of at least 4 members (excludes halogenated alkanes) is 6.